The van der Waals surface area contributed by atoms with Gasteiger partial charge < -0.3 is 25.6 Å². The summed E-state index contributed by atoms with van der Waals surface area (Å²) < 4.78 is 0.260. The zero-order valence-corrected chi connectivity index (χ0v) is 6.24. The Morgan fingerprint density at radius 2 is 2.08 bits per heavy atom. The molecule has 0 fully saturated rings. The second kappa shape index (κ2) is 3.36. The van der Waals surface area contributed by atoms with Crippen LogP contribution >= 0.6 is 0 Å². The molecule has 6 nitrogen and oxygen atoms in total. The molecule has 0 aromatic heterocycles. The van der Waals surface area contributed by atoms with Crippen LogP contribution in [0.3, 0.4) is 0 Å². The molecule has 1 aliphatic heterocycles. The van der Waals surface area contributed by atoms with Crippen LogP contribution in [0.5, 0.6) is 0 Å². The van der Waals surface area contributed by atoms with Gasteiger partial charge in [-0.2, -0.15) is 0 Å². The van der Waals surface area contributed by atoms with Crippen LogP contribution in [-0.4, -0.2) is 62.3 Å². The molecule has 1 aliphatic rings. The van der Waals surface area contributed by atoms with Gasteiger partial charge in [0.15, 0.2) is 18.4 Å². The third kappa shape index (κ3) is 1.42. The monoisotopic (exact) mass is 177 g/mol. The van der Waals surface area contributed by atoms with Gasteiger partial charge in [-0.05, 0) is 0 Å². The molecule has 1 heterocycles. The Morgan fingerprint density at radius 1 is 1.50 bits per heavy atom. The number of aliphatic hydroxyl groups excluding tert-OH is 4. The quantitative estimate of drug-likeness (QED) is 0.266. The molecule has 0 radical (unpaired) electrons. The largest absolute Gasteiger partial charge is 0.624 e. The zero-order valence-electron chi connectivity index (χ0n) is 6.24. The third-order valence-electron chi connectivity index (χ3n) is 1.87. The Morgan fingerprint density at radius 3 is 2.42 bits per heavy atom. The van der Waals surface area contributed by atoms with Gasteiger partial charge in [-0.25, -0.2) is 4.74 Å². The van der Waals surface area contributed by atoms with Crippen molar-refractivity contribution >= 4 is 6.21 Å². The number of hydroxylamine groups is 1. The summed E-state index contributed by atoms with van der Waals surface area (Å²) in [5.41, 5.74) is 0. The molecule has 0 amide bonds. The second-order valence-electron chi connectivity index (χ2n) is 2.73. The molecule has 1 rings (SSSR count). The summed E-state index contributed by atoms with van der Waals surface area (Å²) in [5.74, 6) is 0. The fourth-order valence-electron chi connectivity index (χ4n) is 1.20. The van der Waals surface area contributed by atoms with Crippen molar-refractivity contribution in [1.82, 2.24) is 0 Å². The van der Waals surface area contributed by atoms with Crippen molar-refractivity contribution in [3.8, 4) is 0 Å². The van der Waals surface area contributed by atoms with Crippen LogP contribution in [0.25, 0.3) is 0 Å². The van der Waals surface area contributed by atoms with Gasteiger partial charge in [0.05, 0.1) is 6.61 Å². The fourth-order valence-corrected chi connectivity index (χ4v) is 1.20. The first-order valence-electron chi connectivity index (χ1n) is 3.53. The third-order valence-corrected chi connectivity index (χ3v) is 1.87. The van der Waals surface area contributed by atoms with E-state index in [-0.39, 0.29) is 4.74 Å². The number of hydrogen-bond donors (Lipinski definition) is 4. The molecule has 1 unspecified atom stereocenters. The van der Waals surface area contributed by atoms with E-state index in [9.17, 15) is 5.21 Å². The average molecular weight is 177 g/mol. The Labute approximate surface area is 68.6 Å². The molecule has 0 spiro atoms. The molecule has 12 heavy (non-hydrogen) atoms. The molecule has 6 heteroatoms. The molecule has 0 aliphatic carbocycles. The molecule has 0 bridgehead atoms. The number of hydrogen-bond acceptors (Lipinski definition) is 5. The summed E-state index contributed by atoms with van der Waals surface area (Å²) in [7, 11) is 0. The first-order chi connectivity index (χ1) is 5.57. The van der Waals surface area contributed by atoms with Gasteiger partial charge in [0, 0.05) is 0 Å². The van der Waals surface area contributed by atoms with E-state index < -0.39 is 31.0 Å². The molecular formula is C6H11NO5. The predicted octanol–water partition coefficient (Wildman–Crippen LogP) is -2.98. The maximum Gasteiger partial charge on any atom is 0.219 e. The summed E-state index contributed by atoms with van der Waals surface area (Å²) >= 11 is 0. The molecule has 70 valence electrons. The maximum absolute atomic E-state index is 10.9. The number of nitrogens with zero attached hydrogens (tertiary/aromatic N) is 1. The molecular weight excluding hydrogens is 166 g/mol. The lowest BCUT2D eigenvalue weighted by Gasteiger charge is -2.19. The first-order valence-corrected chi connectivity index (χ1v) is 3.53. The van der Waals surface area contributed by atoms with Crippen LogP contribution in [0.4, 0.5) is 0 Å². The van der Waals surface area contributed by atoms with Crippen LogP contribution in [0.15, 0.2) is 0 Å². The van der Waals surface area contributed by atoms with E-state index in [2.05, 4.69) is 0 Å². The lowest BCUT2D eigenvalue weighted by atomic mass is 10.1. The molecule has 0 saturated carbocycles. The van der Waals surface area contributed by atoms with Crippen LogP contribution in [-0.2, 0) is 0 Å². The molecule has 0 aromatic carbocycles. The highest BCUT2D eigenvalue weighted by molar-refractivity contribution is 5.60. The normalized spacial score (nSPS) is 38.0. The molecule has 4 N–H and O–H groups in total. The average Bonchev–Trinajstić information content (AvgIpc) is 2.26. The van der Waals surface area contributed by atoms with E-state index in [1.807, 2.05) is 0 Å². The van der Waals surface area contributed by atoms with Crippen molar-refractivity contribution in [1.29, 1.82) is 0 Å². The van der Waals surface area contributed by atoms with E-state index >= 15 is 0 Å². The van der Waals surface area contributed by atoms with Crippen molar-refractivity contribution in [2.75, 3.05) is 6.61 Å². The summed E-state index contributed by atoms with van der Waals surface area (Å²) in [6, 6.07) is -1.18. The van der Waals surface area contributed by atoms with E-state index in [4.69, 9.17) is 20.4 Å². The van der Waals surface area contributed by atoms with Gasteiger partial charge >= 0.3 is 0 Å². The zero-order chi connectivity index (χ0) is 9.30. The van der Waals surface area contributed by atoms with Gasteiger partial charge in [-0.15, -0.1) is 0 Å². The summed E-state index contributed by atoms with van der Waals surface area (Å²) in [6.07, 6.45) is -3.10. The molecule has 0 aromatic rings. The van der Waals surface area contributed by atoms with Crippen molar-refractivity contribution in [2.45, 2.75) is 24.4 Å². The Bertz CT molecular complexity index is 194. The summed E-state index contributed by atoms with van der Waals surface area (Å²) in [4.78, 5) is 0. The van der Waals surface area contributed by atoms with Gasteiger partial charge in [-0.1, -0.05) is 0 Å². The minimum absolute atomic E-state index is 0.260. The molecule has 0 saturated heterocycles. The van der Waals surface area contributed by atoms with E-state index in [1.54, 1.807) is 0 Å². The van der Waals surface area contributed by atoms with E-state index in [0.717, 1.165) is 6.21 Å². The van der Waals surface area contributed by atoms with E-state index in [0.29, 0.717) is 0 Å². The van der Waals surface area contributed by atoms with Crippen LogP contribution in [0, 0.1) is 5.21 Å². The van der Waals surface area contributed by atoms with Gasteiger partial charge in [-0.3, -0.25) is 0 Å². The Balaban J connectivity index is 2.72. The molecule has 4 atom stereocenters. The van der Waals surface area contributed by atoms with Crippen molar-refractivity contribution in [2.24, 2.45) is 0 Å². The van der Waals surface area contributed by atoms with Gasteiger partial charge in [0.1, 0.15) is 6.10 Å². The highest BCUT2D eigenvalue weighted by atomic mass is 16.5. The van der Waals surface area contributed by atoms with Crippen molar-refractivity contribution in [3.63, 3.8) is 0 Å². The Kier molecular flexibility index (Phi) is 2.63. The van der Waals surface area contributed by atoms with Crippen molar-refractivity contribution < 1.29 is 25.2 Å². The van der Waals surface area contributed by atoms with Gasteiger partial charge in [0.25, 0.3) is 0 Å². The van der Waals surface area contributed by atoms with Gasteiger partial charge in [0.2, 0.25) is 6.04 Å². The fraction of sp³-hybridized carbons (Fsp3) is 0.833. The Hall–Kier alpha value is -0.690. The highest BCUT2D eigenvalue weighted by Crippen LogP contribution is 2.13. The highest BCUT2D eigenvalue weighted by Gasteiger charge is 2.43. The maximum atomic E-state index is 10.9. The second-order valence-corrected chi connectivity index (χ2v) is 2.73. The SMILES string of the molecule is [O-][N+]1=C[C@@H](O)[C@@H](O)[C@@H]1C(O)CO. The van der Waals surface area contributed by atoms with Crippen LogP contribution in [0.2, 0.25) is 0 Å². The smallest absolute Gasteiger partial charge is 0.219 e. The lowest BCUT2D eigenvalue weighted by Crippen LogP contribution is -2.44. The lowest BCUT2D eigenvalue weighted by molar-refractivity contribution is -0.511. The van der Waals surface area contributed by atoms with Crippen molar-refractivity contribution in [3.05, 3.63) is 5.21 Å². The minimum atomic E-state index is -1.34. The van der Waals surface area contributed by atoms with E-state index in [1.165, 1.54) is 0 Å². The first kappa shape index (κ1) is 9.40. The van der Waals surface area contributed by atoms with Crippen LogP contribution < -0.4 is 0 Å². The summed E-state index contributed by atoms with van der Waals surface area (Å²) in [6.45, 7) is -0.624. The number of rotatable bonds is 2. The predicted molar refractivity (Wildman–Crippen MR) is 38.6 cm³/mol. The minimum Gasteiger partial charge on any atom is -0.624 e. The summed E-state index contributed by atoms with van der Waals surface area (Å²) in [5, 5.41) is 46.5. The topological polar surface area (TPSA) is 107 Å². The van der Waals surface area contributed by atoms with Crippen LogP contribution in [0.1, 0.15) is 0 Å². The standard InChI is InChI=1S/C6H11NO5/c8-2-4(10)5-6(11)3(9)1-7(5)12/h1,3-6,8-11H,2H2/t3-,4?,5+,6-/m1/s1. The number of aliphatic hydroxyl groups is 4.